The Morgan fingerprint density at radius 3 is 2.62 bits per heavy atom. The Kier molecular flexibility index (Phi) is 4.76. The molecule has 92 valence electrons. The van der Waals surface area contributed by atoms with E-state index in [9.17, 15) is 0 Å². The molecule has 0 aliphatic carbocycles. The SMILES string of the molecule is CCN(c1nc(CN)co1)C(C)CN(C)C. The van der Waals surface area contributed by atoms with Crippen LogP contribution in [0.25, 0.3) is 0 Å². The number of rotatable bonds is 6. The van der Waals surface area contributed by atoms with Crippen molar-refractivity contribution in [1.29, 1.82) is 0 Å². The summed E-state index contributed by atoms with van der Waals surface area (Å²) in [4.78, 5) is 8.63. The average Bonchev–Trinajstić information content (AvgIpc) is 2.66. The summed E-state index contributed by atoms with van der Waals surface area (Å²) in [6.45, 7) is 6.52. The number of anilines is 1. The van der Waals surface area contributed by atoms with Crippen LogP contribution in [0.1, 0.15) is 19.5 Å². The number of oxazole rings is 1. The van der Waals surface area contributed by atoms with E-state index in [0.717, 1.165) is 18.8 Å². The third-order valence-electron chi connectivity index (χ3n) is 2.50. The normalized spacial score (nSPS) is 13.1. The maximum atomic E-state index is 5.51. The Balaban J connectivity index is 2.72. The van der Waals surface area contributed by atoms with Gasteiger partial charge in [0.25, 0.3) is 6.01 Å². The van der Waals surface area contributed by atoms with Gasteiger partial charge in [0.15, 0.2) is 0 Å². The zero-order valence-corrected chi connectivity index (χ0v) is 10.6. The highest BCUT2D eigenvalue weighted by Crippen LogP contribution is 2.16. The number of aromatic nitrogens is 1. The minimum atomic E-state index is 0.365. The highest BCUT2D eigenvalue weighted by atomic mass is 16.4. The van der Waals surface area contributed by atoms with E-state index in [-0.39, 0.29) is 0 Å². The Bertz CT molecular complexity index is 311. The standard InChI is InChI=1S/C11H22N4O/c1-5-15(9(2)7-14(3)4)11-13-10(6-12)8-16-11/h8-9H,5-7,12H2,1-4H3. The van der Waals surface area contributed by atoms with Crippen molar-refractivity contribution in [3.63, 3.8) is 0 Å². The first-order chi connectivity index (χ1) is 7.58. The molecule has 0 saturated carbocycles. The van der Waals surface area contributed by atoms with Crippen LogP contribution in [-0.4, -0.2) is 43.1 Å². The van der Waals surface area contributed by atoms with Crippen LogP contribution in [0.2, 0.25) is 0 Å². The summed E-state index contributed by atoms with van der Waals surface area (Å²) >= 11 is 0. The van der Waals surface area contributed by atoms with Crippen LogP contribution in [0.3, 0.4) is 0 Å². The van der Waals surface area contributed by atoms with E-state index in [0.29, 0.717) is 18.6 Å². The Hall–Kier alpha value is -1.07. The molecule has 0 saturated heterocycles. The lowest BCUT2D eigenvalue weighted by Crippen LogP contribution is -2.40. The predicted molar refractivity (Wildman–Crippen MR) is 65.4 cm³/mol. The molecule has 1 aromatic heterocycles. The molecule has 2 N–H and O–H groups in total. The second kappa shape index (κ2) is 5.86. The molecule has 0 aromatic carbocycles. The van der Waals surface area contributed by atoms with Crippen molar-refractivity contribution in [1.82, 2.24) is 9.88 Å². The summed E-state index contributed by atoms with van der Waals surface area (Å²) in [7, 11) is 4.12. The van der Waals surface area contributed by atoms with Gasteiger partial charge in [0.05, 0.1) is 5.69 Å². The van der Waals surface area contributed by atoms with Gasteiger partial charge in [-0.25, -0.2) is 0 Å². The van der Waals surface area contributed by atoms with Crippen LogP contribution in [0, 0.1) is 0 Å². The zero-order valence-electron chi connectivity index (χ0n) is 10.6. The van der Waals surface area contributed by atoms with Crippen LogP contribution in [0.15, 0.2) is 10.7 Å². The molecule has 1 atom stereocenters. The van der Waals surface area contributed by atoms with Gasteiger partial charge in [0.1, 0.15) is 6.26 Å². The minimum Gasteiger partial charge on any atom is -0.432 e. The first-order valence-electron chi connectivity index (χ1n) is 5.64. The van der Waals surface area contributed by atoms with Crippen molar-refractivity contribution in [2.45, 2.75) is 26.4 Å². The number of hydrogen-bond donors (Lipinski definition) is 1. The number of nitrogens with zero attached hydrogens (tertiary/aromatic N) is 3. The maximum absolute atomic E-state index is 5.51. The number of nitrogens with two attached hydrogens (primary N) is 1. The first kappa shape index (κ1) is 13.0. The van der Waals surface area contributed by atoms with Crippen molar-refractivity contribution >= 4 is 6.01 Å². The molecule has 0 bridgehead atoms. The molecule has 1 aromatic rings. The number of hydrogen-bond acceptors (Lipinski definition) is 5. The molecule has 0 amide bonds. The van der Waals surface area contributed by atoms with Gasteiger partial charge >= 0.3 is 0 Å². The lowest BCUT2D eigenvalue weighted by molar-refractivity contribution is 0.363. The van der Waals surface area contributed by atoms with E-state index >= 15 is 0 Å². The lowest BCUT2D eigenvalue weighted by atomic mass is 10.3. The van der Waals surface area contributed by atoms with E-state index in [1.165, 1.54) is 0 Å². The Labute approximate surface area is 97.2 Å². The van der Waals surface area contributed by atoms with Crippen LogP contribution < -0.4 is 10.6 Å². The topological polar surface area (TPSA) is 58.5 Å². The smallest absolute Gasteiger partial charge is 0.297 e. The van der Waals surface area contributed by atoms with Gasteiger partial charge < -0.3 is 20.0 Å². The fraction of sp³-hybridized carbons (Fsp3) is 0.727. The largest absolute Gasteiger partial charge is 0.432 e. The van der Waals surface area contributed by atoms with Crippen LogP contribution in [-0.2, 0) is 6.54 Å². The molecule has 16 heavy (non-hydrogen) atoms. The molecule has 1 rings (SSSR count). The molecule has 0 spiro atoms. The van der Waals surface area contributed by atoms with Gasteiger partial charge in [-0.3, -0.25) is 0 Å². The van der Waals surface area contributed by atoms with Gasteiger partial charge in [0, 0.05) is 25.7 Å². The van der Waals surface area contributed by atoms with E-state index in [4.69, 9.17) is 10.2 Å². The molecular weight excluding hydrogens is 204 g/mol. The molecular formula is C11H22N4O. The quantitative estimate of drug-likeness (QED) is 0.781. The molecule has 0 fully saturated rings. The monoisotopic (exact) mass is 226 g/mol. The molecule has 5 nitrogen and oxygen atoms in total. The van der Waals surface area contributed by atoms with Gasteiger partial charge in [-0.2, -0.15) is 4.98 Å². The summed E-state index contributed by atoms with van der Waals surface area (Å²) in [5.41, 5.74) is 6.31. The summed E-state index contributed by atoms with van der Waals surface area (Å²) in [6.07, 6.45) is 1.63. The number of likely N-dealkylation sites (N-methyl/N-ethyl adjacent to an activating group) is 2. The van der Waals surface area contributed by atoms with Crippen LogP contribution in [0.5, 0.6) is 0 Å². The lowest BCUT2D eigenvalue weighted by Gasteiger charge is -2.28. The zero-order chi connectivity index (χ0) is 12.1. The summed E-state index contributed by atoms with van der Waals surface area (Å²) in [5, 5.41) is 0. The van der Waals surface area contributed by atoms with E-state index in [1.807, 2.05) is 0 Å². The van der Waals surface area contributed by atoms with Gasteiger partial charge in [-0.15, -0.1) is 0 Å². The molecule has 0 aliphatic heterocycles. The first-order valence-corrected chi connectivity index (χ1v) is 5.64. The fourth-order valence-electron chi connectivity index (χ4n) is 1.78. The highest BCUT2D eigenvalue weighted by Gasteiger charge is 2.18. The van der Waals surface area contributed by atoms with Crippen molar-refractivity contribution in [3.8, 4) is 0 Å². The predicted octanol–water partition coefficient (Wildman–Crippen LogP) is 0.910. The maximum Gasteiger partial charge on any atom is 0.297 e. The second-order valence-corrected chi connectivity index (χ2v) is 4.22. The third-order valence-corrected chi connectivity index (χ3v) is 2.50. The highest BCUT2D eigenvalue weighted by molar-refractivity contribution is 5.28. The van der Waals surface area contributed by atoms with Crippen molar-refractivity contribution in [2.75, 3.05) is 32.1 Å². The van der Waals surface area contributed by atoms with Crippen LogP contribution >= 0.6 is 0 Å². The van der Waals surface area contributed by atoms with Gasteiger partial charge in [0.2, 0.25) is 0 Å². The summed E-state index contributed by atoms with van der Waals surface area (Å²) < 4.78 is 5.43. The molecule has 0 aliphatic rings. The van der Waals surface area contributed by atoms with Crippen molar-refractivity contribution < 1.29 is 4.42 Å². The Morgan fingerprint density at radius 1 is 1.50 bits per heavy atom. The van der Waals surface area contributed by atoms with Crippen molar-refractivity contribution in [3.05, 3.63) is 12.0 Å². The molecule has 1 unspecified atom stereocenters. The average molecular weight is 226 g/mol. The molecule has 5 heteroatoms. The fourth-order valence-corrected chi connectivity index (χ4v) is 1.78. The van der Waals surface area contributed by atoms with E-state index in [2.05, 4.69) is 42.7 Å². The van der Waals surface area contributed by atoms with E-state index in [1.54, 1.807) is 6.26 Å². The molecule has 1 heterocycles. The van der Waals surface area contributed by atoms with Crippen LogP contribution in [0.4, 0.5) is 6.01 Å². The van der Waals surface area contributed by atoms with Gasteiger partial charge in [-0.1, -0.05) is 0 Å². The van der Waals surface area contributed by atoms with E-state index < -0.39 is 0 Å². The third kappa shape index (κ3) is 3.21. The Morgan fingerprint density at radius 2 is 2.19 bits per heavy atom. The second-order valence-electron chi connectivity index (χ2n) is 4.22. The summed E-state index contributed by atoms with van der Waals surface area (Å²) in [6, 6.07) is 1.03. The van der Waals surface area contributed by atoms with Gasteiger partial charge in [-0.05, 0) is 27.9 Å². The minimum absolute atomic E-state index is 0.365. The van der Waals surface area contributed by atoms with Crippen molar-refractivity contribution in [2.24, 2.45) is 5.73 Å². The molecule has 0 radical (unpaired) electrons. The summed E-state index contributed by atoms with van der Waals surface area (Å²) in [5.74, 6) is 0.